The van der Waals surface area contributed by atoms with E-state index in [0.717, 1.165) is 11.3 Å². The molecule has 0 fully saturated rings. The Morgan fingerprint density at radius 1 is 1.11 bits per heavy atom. The van der Waals surface area contributed by atoms with E-state index in [2.05, 4.69) is 21.5 Å². The maximum Gasteiger partial charge on any atom is 0.185 e. The van der Waals surface area contributed by atoms with Gasteiger partial charge >= 0.3 is 0 Å². The Balaban J connectivity index is 2.31. The van der Waals surface area contributed by atoms with Crippen molar-refractivity contribution < 1.29 is 4.74 Å². The smallest absolute Gasteiger partial charge is 0.185 e. The largest absolute Gasteiger partial charge is 0.497 e. The minimum atomic E-state index is 0.475. The Kier molecular flexibility index (Phi) is 6.16. The van der Waals surface area contributed by atoms with Crippen molar-refractivity contribution in [3.05, 3.63) is 29.8 Å². The fourth-order valence-corrected chi connectivity index (χ4v) is 1.32. The highest BCUT2D eigenvalue weighted by atomic mass is 32.1. The molecule has 0 aromatic heterocycles. The zero-order valence-corrected chi connectivity index (χ0v) is 11.9. The fraction of sp³-hybridized carbons (Fsp3) is 0.273. The maximum absolute atomic E-state index is 5.08. The summed E-state index contributed by atoms with van der Waals surface area (Å²) >= 11 is 9.96. The van der Waals surface area contributed by atoms with Crippen LogP contribution in [0.15, 0.2) is 24.3 Å². The van der Waals surface area contributed by atoms with Gasteiger partial charge in [0.15, 0.2) is 10.2 Å². The molecule has 0 aliphatic carbocycles. The van der Waals surface area contributed by atoms with Crippen molar-refractivity contribution in [3.63, 3.8) is 0 Å². The third kappa shape index (κ3) is 5.15. The lowest BCUT2D eigenvalue weighted by Gasteiger charge is -2.12. The van der Waals surface area contributed by atoms with Crippen LogP contribution < -0.4 is 26.2 Å². The van der Waals surface area contributed by atoms with Crippen molar-refractivity contribution in [2.45, 2.75) is 6.54 Å². The Hall–Kier alpha value is -1.60. The molecule has 0 atom stereocenters. The van der Waals surface area contributed by atoms with Crippen molar-refractivity contribution in [2.75, 3.05) is 14.2 Å². The summed E-state index contributed by atoms with van der Waals surface area (Å²) in [6, 6.07) is 7.75. The van der Waals surface area contributed by atoms with Crippen LogP contribution >= 0.6 is 24.4 Å². The number of hydrogen-bond acceptors (Lipinski definition) is 3. The number of methoxy groups -OCH3 is 1. The number of nitrogens with one attached hydrogen (secondary N) is 4. The van der Waals surface area contributed by atoms with Gasteiger partial charge < -0.3 is 15.4 Å². The first-order valence-corrected chi connectivity index (χ1v) is 6.12. The predicted molar refractivity (Wildman–Crippen MR) is 80.4 cm³/mol. The van der Waals surface area contributed by atoms with Crippen molar-refractivity contribution in [2.24, 2.45) is 0 Å². The van der Waals surface area contributed by atoms with E-state index in [4.69, 9.17) is 29.2 Å². The lowest BCUT2D eigenvalue weighted by Crippen LogP contribution is -2.49. The van der Waals surface area contributed by atoms with Crippen LogP contribution in [0.25, 0.3) is 0 Å². The van der Waals surface area contributed by atoms with Crippen molar-refractivity contribution in [1.29, 1.82) is 0 Å². The second-order valence-corrected chi connectivity index (χ2v) is 4.18. The number of hydrogen-bond donors (Lipinski definition) is 4. The molecule has 0 saturated carbocycles. The summed E-state index contributed by atoms with van der Waals surface area (Å²) in [7, 11) is 3.37. The fourth-order valence-electron chi connectivity index (χ4n) is 1.15. The average Bonchev–Trinajstić information content (AvgIpc) is 2.42. The highest BCUT2D eigenvalue weighted by Crippen LogP contribution is 2.10. The molecule has 18 heavy (non-hydrogen) atoms. The van der Waals surface area contributed by atoms with Gasteiger partial charge in [-0.05, 0) is 42.1 Å². The lowest BCUT2D eigenvalue weighted by molar-refractivity contribution is 0.414. The van der Waals surface area contributed by atoms with Gasteiger partial charge in [-0.1, -0.05) is 12.1 Å². The summed E-state index contributed by atoms with van der Waals surface area (Å²) in [5.41, 5.74) is 6.61. The van der Waals surface area contributed by atoms with Gasteiger partial charge in [0, 0.05) is 13.6 Å². The molecule has 7 heteroatoms. The topological polar surface area (TPSA) is 57.3 Å². The Bertz CT molecular complexity index is 408. The normalized spacial score (nSPS) is 9.22. The maximum atomic E-state index is 5.08. The van der Waals surface area contributed by atoms with Crippen molar-refractivity contribution in [3.8, 4) is 5.75 Å². The van der Waals surface area contributed by atoms with Crippen LogP contribution in [0.5, 0.6) is 5.75 Å². The molecule has 0 heterocycles. The molecule has 0 spiro atoms. The molecule has 1 aromatic carbocycles. The number of benzene rings is 1. The first-order valence-electron chi connectivity index (χ1n) is 5.30. The van der Waals surface area contributed by atoms with Gasteiger partial charge in [-0.3, -0.25) is 10.9 Å². The van der Waals surface area contributed by atoms with E-state index >= 15 is 0 Å². The Morgan fingerprint density at radius 2 is 1.72 bits per heavy atom. The van der Waals surface area contributed by atoms with E-state index in [1.165, 1.54) is 0 Å². The molecule has 4 N–H and O–H groups in total. The van der Waals surface area contributed by atoms with E-state index in [0.29, 0.717) is 16.8 Å². The number of hydrazine groups is 1. The van der Waals surface area contributed by atoms with Crippen LogP contribution in [0.3, 0.4) is 0 Å². The predicted octanol–water partition coefficient (Wildman–Crippen LogP) is 0.668. The number of thiocarbonyl (C=S) groups is 2. The van der Waals surface area contributed by atoms with Gasteiger partial charge in [0.25, 0.3) is 0 Å². The highest BCUT2D eigenvalue weighted by molar-refractivity contribution is 7.80. The molecule has 0 bridgehead atoms. The summed E-state index contributed by atoms with van der Waals surface area (Å²) in [5.74, 6) is 0.834. The van der Waals surface area contributed by atoms with E-state index in [1.807, 2.05) is 24.3 Å². The first kappa shape index (κ1) is 14.5. The monoisotopic (exact) mass is 284 g/mol. The van der Waals surface area contributed by atoms with Gasteiger partial charge in [0.2, 0.25) is 0 Å². The van der Waals surface area contributed by atoms with Crippen molar-refractivity contribution in [1.82, 2.24) is 21.5 Å². The highest BCUT2D eigenvalue weighted by Gasteiger charge is 1.97. The quantitative estimate of drug-likeness (QED) is 0.481. The van der Waals surface area contributed by atoms with Gasteiger partial charge in [-0.25, -0.2) is 0 Å². The molecule has 1 aromatic rings. The first-order chi connectivity index (χ1) is 8.65. The van der Waals surface area contributed by atoms with Crippen LogP contribution in [0.1, 0.15) is 5.56 Å². The third-order valence-electron chi connectivity index (χ3n) is 2.13. The van der Waals surface area contributed by atoms with Crippen molar-refractivity contribution >= 4 is 34.7 Å². The molecule has 0 unspecified atom stereocenters. The van der Waals surface area contributed by atoms with Crippen LogP contribution in [0.2, 0.25) is 0 Å². The average molecular weight is 284 g/mol. The molecule has 0 aliphatic rings. The van der Waals surface area contributed by atoms with E-state index in [-0.39, 0.29) is 0 Å². The standard InChI is InChI=1S/C11H16N4OS2/c1-12-10(17)14-15-11(18)13-7-8-3-5-9(16-2)6-4-8/h3-6H,7H2,1-2H3,(H2,12,14,17)(H2,13,15,18). The second kappa shape index (κ2) is 7.67. The molecular formula is C11H16N4OS2. The van der Waals surface area contributed by atoms with Crippen LogP contribution in [0.4, 0.5) is 0 Å². The summed E-state index contributed by atoms with van der Waals surface area (Å²) in [6.45, 7) is 0.629. The molecule has 1 rings (SSSR count). The van der Waals surface area contributed by atoms with Gasteiger partial charge in [-0.15, -0.1) is 0 Å². The third-order valence-corrected chi connectivity index (χ3v) is 2.68. The molecule has 0 saturated heterocycles. The van der Waals surface area contributed by atoms with E-state index in [9.17, 15) is 0 Å². The molecule has 0 amide bonds. The Labute approximate surface area is 117 Å². The van der Waals surface area contributed by atoms with E-state index < -0.39 is 0 Å². The van der Waals surface area contributed by atoms with Crippen LogP contribution in [-0.2, 0) is 6.54 Å². The zero-order valence-electron chi connectivity index (χ0n) is 10.2. The molecule has 5 nitrogen and oxygen atoms in total. The van der Waals surface area contributed by atoms with Crippen LogP contribution in [0, 0.1) is 0 Å². The molecule has 0 aliphatic heterocycles. The van der Waals surface area contributed by atoms with Gasteiger partial charge in [0.1, 0.15) is 5.75 Å². The Morgan fingerprint density at radius 3 is 2.28 bits per heavy atom. The second-order valence-electron chi connectivity index (χ2n) is 3.36. The van der Waals surface area contributed by atoms with Gasteiger partial charge in [-0.2, -0.15) is 0 Å². The molecule has 98 valence electrons. The minimum Gasteiger partial charge on any atom is -0.497 e. The molecular weight excluding hydrogens is 268 g/mol. The summed E-state index contributed by atoms with van der Waals surface area (Å²) in [4.78, 5) is 0. The summed E-state index contributed by atoms with van der Waals surface area (Å²) < 4.78 is 5.08. The minimum absolute atomic E-state index is 0.475. The van der Waals surface area contributed by atoms with E-state index in [1.54, 1.807) is 14.2 Å². The number of rotatable bonds is 3. The SMILES string of the molecule is CNC(=S)NNC(=S)NCc1ccc(OC)cc1. The van der Waals surface area contributed by atoms with Crippen LogP contribution in [-0.4, -0.2) is 24.4 Å². The molecule has 0 radical (unpaired) electrons. The van der Waals surface area contributed by atoms with Gasteiger partial charge in [0.05, 0.1) is 7.11 Å². The lowest BCUT2D eigenvalue weighted by atomic mass is 10.2. The zero-order chi connectivity index (χ0) is 13.4. The summed E-state index contributed by atoms with van der Waals surface area (Å²) in [6.07, 6.45) is 0. The summed E-state index contributed by atoms with van der Waals surface area (Å²) in [5, 5.41) is 6.76. The number of ether oxygens (including phenoxy) is 1.